The van der Waals surface area contributed by atoms with Crippen molar-refractivity contribution in [3.63, 3.8) is 0 Å². The van der Waals surface area contributed by atoms with E-state index in [-0.39, 0.29) is 5.15 Å². The summed E-state index contributed by atoms with van der Waals surface area (Å²) in [5, 5.41) is 0.930. The average molecular weight is 282 g/mol. The fraction of sp³-hybridized carbons (Fsp3) is 0.231. The molecule has 1 aromatic carbocycles. The van der Waals surface area contributed by atoms with Crippen LogP contribution in [0, 0.1) is 0 Å². The smallest absolute Gasteiger partial charge is 0.351 e. The van der Waals surface area contributed by atoms with Crippen molar-refractivity contribution in [2.75, 3.05) is 7.11 Å². The predicted molar refractivity (Wildman–Crippen MR) is 73.3 cm³/mol. The summed E-state index contributed by atoms with van der Waals surface area (Å²) >= 11 is 7.19. The third kappa shape index (κ3) is 2.54. The molecule has 0 amide bonds. The van der Waals surface area contributed by atoms with Gasteiger partial charge in [0.2, 0.25) is 0 Å². The highest BCUT2D eigenvalue weighted by Crippen LogP contribution is 2.31. The Morgan fingerprint density at radius 1 is 1.50 bits per heavy atom. The molecule has 0 spiro atoms. The van der Waals surface area contributed by atoms with Crippen molar-refractivity contribution in [3.8, 4) is 10.6 Å². The molecule has 0 radical (unpaired) electrons. The number of benzene rings is 1. The standard InChI is InChI=1S/C13H12ClNO2S/c1-3-8-5-4-6-9(7-8)12-15-11(14)10(18-12)13(16)17-2/h4-7H,3H2,1-2H3. The molecule has 0 saturated carbocycles. The first-order valence-corrected chi connectivity index (χ1v) is 6.69. The van der Waals surface area contributed by atoms with Gasteiger partial charge in [0.1, 0.15) is 5.01 Å². The van der Waals surface area contributed by atoms with E-state index in [4.69, 9.17) is 11.6 Å². The molecule has 0 unspecified atom stereocenters. The van der Waals surface area contributed by atoms with E-state index in [1.807, 2.05) is 12.1 Å². The van der Waals surface area contributed by atoms with Gasteiger partial charge in [0.05, 0.1) is 7.11 Å². The highest BCUT2D eigenvalue weighted by molar-refractivity contribution is 7.17. The van der Waals surface area contributed by atoms with Gasteiger partial charge in [-0.15, -0.1) is 11.3 Å². The first-order chi connectivity index (χ1) is 8.65. The number of carbonyl (C=O) groups is 1. The van der Waals surface area contributed by atoms with Crippen LogP contribution in [0.3, 0.4) is 0 Å². The molecule has 0 fully saturated rings. The second kappa shape index (κ2) is 5.50. The predicted octanol–water partition coefficient (Wildman–Crippen LogP) is 3.81. The molecule has 2 aromatic rings. The number of halogens is 1. The molecule has 18 heavy (non-hydrogen) atoms. The molecule has 0 aliphatic carbocycles. The van der Waals surface area contributed by atoms with Crippen LogP contribution in [0.5, 0.6) is 0 Å². The Morgan fingerprint density at radius 2 is 2.28 bits per heavy atom. The summed E-state index contributed by atoms with van der Waals surface area (Å²) in [6.45, 7) is 2.09. The molecule has 2 rings (SSSR count). The molecule has 0 atom stereocenters. The summed E-state index contributed by atoms with van der Waals surface area (Å²) in [6.07, 6.45) is 0.955. The summed E-state index contributed by atoms with van der Waals surface area (Å²) in [4.78, 5) is 16.0. The Bertz CT molecular complexity index is 580. The second-order valence-corrected chi connectivity index (χ2v) is 5.04. The Hall–Kier alpha value is -1.39. The highest BCUT2D eigenvalue weighted by atomic mass is 35.5. The highest BCUT2D eigenvalue weighted by Gasteiger charge is 2.18. The summed E-state index contributed by atoms with van der Waals surface area (Å²) in [5.41, 5.74) is 2.19. The maximum absolute atomic E-state index is 11.5. The van der Waals surface area contributed by atoms with Crippen molar-refractivity contribution in [3.05, 3.63) is 39.9 Å². The van der Waals surface area contributed by atoms with Gasteiger partial charge in [0.15, 0.2) is 10.0 Å². The SMILES string of the molecule is CCc1cccc(-c2nc(Cl)c(C(=O)OC)s2)c1. The van der Waals surface area contributed by atoms with Gasteiger partial charge in [-0.3, -0.25) is 0 Å². The van der Waals surface area contributed by atoms with Crippen molar-refractivity contribution in [2.24, 2.45) is 0 Å². The van der Waals surface area contributed by atoms with E-state index in [1.54, 1.807) is 0 Å². The topological polar surface area (TPSA) is 39.2 Å². The summed E-state index contributed by atoms with van der Waals surface area (Å²) < 4.78 is 4.66. The van der Waals surface area contributed by atoms with Crippen molar-refractivity contribution in [1.29, 1.82) is 0 Å². The zero-order chi connectivity index (χ0) is 13.1. The molecule has 3 nitrogen and oxygen atoms in total. The van der Waals surface area contributed by atoms with Gasteiger partial charge in [0, 0.05) is 5.56 Å². The van der Waals surface area contributed by atoms with Crippen molar-refractivity contribution >= 4 is 28.9 Å². The van der Waals surface area contributed by atoms with Crippen LogP contribution in [0.2, 0.25) is 5.15 Å². The van der Waals surface area contributed by atoms with Gasteiger partial charge in [0.25, 0.3) is 0 Å². The molecule has 5 heteroatoms. The minimum absolute atomic E-state index is 0.198. The Balaban J connectivity index is 2.42. The van der Waals surface area contributed by atoms with E-state index in [1.165, 1.54) is 24.0 Å². The zero-order valence-electron chi connectivity index (χ0n) is 10.1. The monoisotopic (exact) mass is 281 g/mol. The van der Waals surface area contributed by atoms with E-state index >= 15 is 0 Å². The van der Waals surface area contributed by atoms with Crippen LogP contribution in [-0.2, 0) is 11.2 Å². The molecule has 1 aromatic heterocycles. The first kappa shape index (κ1) is 13.1. The molecule has 0 bridgehead atoms. The van der Waals surface area contributed by atoms with Gasteiger partial charge in [-0.1, -0.05) is 36.7 Å². The minimum atomic E-state index is -0.449. The number of esters is 1. The summed E-state index contributed by atoms with van der Waals surface area (Å²) in [7, 11) is 1.33. The quantitative estimate of drug-likeness (QED) is 0.803. The molecule has 0 aliphatic heterocycles. The third-order valence-electron chi connectivity index (χ3n) is 2.54. The van der Waals surface area contributed by atoms with Crippen LogP contribution in [0.15, 0.2) is 24.3 Å². The van der Waals surface area contributed by atoms with Gasteiger partial charge < -0.3 is 4.74 Å². The Labute approximate surface area is 114 Å². The van der Waals surface area contributed by atoms with Crippen LogP contribution in [0.25, 0.3) is 10.6 Å². The first-order valence-electron chi connectivity index (χ1n) is 5.49. The van der Waals surface area contributed by atoms with Crippen molar-refractivity contribution < 1.29 is 9.53 Å². The van der Waals surface area contributed by atoms with Gasteiger partial charge in [-0.25, -0.2) is 9.78 Å². The molecular formula is C13H12ClNO2S. The van der Waals surface area contributed by atoms with E-state index in [0.29, 0.717) is 4.88 Å². The second-order valence-electron chi connectivity index (χ2n) is 3.68. The number of aromatic nitrogens is 1. The maximum atomic E-state index is 11.5. The van der Waals surface area contributed by atoms with E-state index in [9.17, 15) is 4.79 Å². The number of ether oxygens (including phenoxy) is 1. The third-order valence-corrected chi connectivity index (χ3v) is 4.01. The number of nitrogens with zero attached hydrogens (tertiary/aromatic N) is 1. The number of hydrogen-bond acceptors (Lipinski definition) is 4. The normalized spacial score (nSPS) is 10.4. The molecular weight excluding hydrogens is 270 g/mol. The molecule has 0 N–H and O–H groups in total. The van der Waals surface area contributed by atoms with E-state index in [2.05, 4.69) is 28.8 Å². The largest absolute Gasteiger partial charge is 0.465 e. The lowest BCUT2D eigenvalue weighted by atomic mass is 10.1. The number of methoxy groups -OCH3 is 1. The Kier molecular flexibility index (Phi) is 3.99. The zero-order valence-corrected chi connectivity index (χ0v) is 11.6. The van der Waals surface area contributed by atoms with Gasteiger partial charge in [-0.05, 0) is 18.1 Å². The molecule has 0 aliphatic rings. The van der Waals surface area contributed by atoms with Crippen LogP contribution in [0.4, 0.5) is 0 Å². The number of aryl methyl sites for hydroxylation is 1. The average Bonchev–Trinajstić information content (AvgIpc) is 2.80. The number of thiazole rings is 1. The minimum Gasteiger partial charge on any atom is -0.465 e. The van der Waals surface area contributed by atoms with Crippen LogP contribution in [0.1, 0.15) is 22.2 Å². The number of carbonyl (C=O) groups excluding carboxylic acids is 1. The molecule has 0 saturated heterocycles. The number of hydrogen-bond donors (Lipinski definition) is 0. The lowest BCUT2D eigenvalue weighted by Crippen LogP contribution is -1.98. The van der Waals surface area contributed by atoms with Gasteiger partial charge >= 0.3 is 5.97 Å². The lowest BCUT2D eigenvalue weighted by Gasteiger charge is -1.99. The van der Waals surface area contributed by atoms with Crippen molar-refractivity contribution in [2.45, 2.75) is 13.3 Å². The maximum Gasteiger partial charge on any atom is 0.351 e. The fourth-order valence-electron chi connectivity index (χ4n) is 1.57. The van der Waals surface area contributed by atoms with Crippen LogP contribution in [-0.4, -0.2) is 18.1 Å². The number of rotatable bonds is 3. The summed E-state index contributed by atoms with van der Waals surface area (Å²) in [5.74, 6) is -0.449. The molecule has 1 heterocycles. The van der Waals surface area contributed by atoms with Crippen LogP contribution >= 0.6 is 22.9 Å². The van der Waals surface area contributed by atoms with Crippen LogP contribution < -0.4 is 0 Å². The summed E-state index contributed by atoms with van der Waals surface area (Å²) in [6, 6.07) is 8.03. The van der Waals surface area contributed by atoms with E-state index < -0.39 is 5.97 Å². The van der Waals surface area contributed by atoms with Gasteiger partial charge in [-0.2, -0.15) is 0 Å². The van der Waals surface area contributed by atoms with E-state index in [0.717, 1.165) is 17.0 Å². The Morgan fingerprint density at radius 3 is 2.94 bits per heavy atom. The molecule has 94 valence electrons. The fourth-order valence-corrected chi connectivity index (χ4v) is 2.77. The lowest BCUT2D eigenvalue weighted by molar-refractivity contribution is 0.0606. The van der Waals surface area contributed by atoms with Crippen molar-refractivity contribution in [1.82, 2.24) is 4.98 Å².